The van der Waals surface area contributed by atoms with E-state index in [4.69, 9.17) is 14.0 Å². The molecule has 0 spiro atoms. The van der Waals surface area contributed by atoms with Gasteiger partial charge >= 0.3 is 5.97 Å². The summed E-state index contributed by atoms with van der Waals surface area (Å²) in [5.74, 6) is -0.976. The molecule has 0 aliphatic carbocycles. The number of hydrogen-bond donors (Lipinski definition) is 2. The summed E-state index contributed by atoms with van der Waals surface area (Å²) in [5.41, 5.74) is 0.606. The first-order valence-corrected chi connectivity index (χ1v) is 8.35. The van der Waals surface area contributed by atoms with Crippen molar-refractivity contribution in [3.05, 3.63) is 29.8 Å². The van der Waals surface area contributed by atoms with Crippen molar-refractivity contribution in [2.75, 3.05) is 19.8 Å². The standard InChI is InChI=1S/C14H19NO6S/c1-10-4-2-3-5-12(10)22(18,19)21-9-8-20-11-6-7-15-13(11)14(16)17/h2-5,11,13,15H,6-9H2,1H3,(H,16,17)/t11-,13-/m0/s1. The first kappa shape index (κ1) is 16.9. The maximum absolute atomic E-state index is 12.0. The van der Waals surface area contributed by atoms with Crippen LogP contribution < -0.4 is 5.32 Å². The van der Waals surface area contributed by atoms with Crippen LogP contribution in [-0.2, 0) is 23.8 Å². The number of carbonyl (C=O) groups is 1. The van der Waals surface area contributed by atoms with Crippen molar-refractivity contribution >= 4 is 16.1 Å². The van der Waals surface area contributed by atoms with Crippen LogP contribution in [0.3, 0.4) is 0 Å². The molecule has 1 aromatic carbocycles. The summed E-state index contributed by atoms with van der Waals surface area (Å²) in [6, 6.07) is 5.78. The zero-order chi connectivity index (χ0) is 16.2. The Labute approximate surface area is 129 Å². The molecular weight excluding hydrogens is 310 g/mol. The largest absolute Gasteiger partial charge is 0.480 e. The molecule has 1 heterocycles. The monoisotopic (exact) mass is 329 g/mol. The number of ether oxygens (including phenoxy) is 1. The number of aryl methyl sites for hydroxylation is 1. The molecule has 0 amide bonds. The van der Waals surface area contributed by atoms with Gasteiger partial charge in [0.05, 0.1) is 24.2 Å². The Morgan fingerprint density at radius 2 is 2.09 bits per heavy atom. The number of rotatable bonds is 7. The maximum Gasteiger partial charge on any atom is 0.323 e. The molecular formula is C14H19NO6S. The minimum absolute atomic E-state index is 0.0151. The fraction of sp³-hybridized carbons (Fsp3) is 0.500. The molecule has 22 heavy (non-hydrogen) atoms. The molecule has 0 saturated carbocycles. The van der Waals surface area contributed by atoms with E-state index in [0.29, 0.717) is 18.5 Å². The van der Waals surface area contributed by atoms with Crippen molar-refractivity contribution in [3.63, 3.8) is 0 Å². The minimum Gasteiger partial charge on any atom is -0.480 e. The minimum atomic E-state index is -3.83. The second-order valence-electron chi connectivity index (χ2n) is 5.01. The lowest BCUT2D eigenvalue weighted by Crippen LogP contribution is -2.40. The molecule has 2 rings (SSSR count). The summed E-state index contributed by atoms with van der Waals surface area (Å²) in [4.78, 5) is 11.1. The van der Waals surface area contributed by atoms with Crippen molar-refractivity contribution in [1.82, 2.24) is 5.32 Å². The lowest BCUT2D eigenvalue weighted by Gasteiger charge is -2.16. The van der Waals surface area contributed by atoms with E-state index in [1.807, 2.05) is 0 Å². The van der Waals surface area contributed by atoms with Gasteiger partial charge in [-0.25, -0.2) is 0 Å². The summed E-state index contributed by atoms with van der Waals surface area (Å²) in [7, 11) is -3.83. The normalized spacial score (nSPS) is 21.9. The van der Waals surface area contributed by atoms with Crippen molar-refractivity contribution in [1.29, 1.82) is 0 Å². The Morgan fingerprint density at radius 3 is 2.77 bits per heavy atom. The summed E-state index contributed by atoms with van der Waals surface area (Å²) in [6.45, 7) is 2.11. The lowest BCUT2D eigenvalue weighted by molar-refractivity contribution is -0.142. The van der Waals surface area contributed by atoms with Crippen molar-refractivity contribution < 1.29 is 27.2 Å². The van der Waals surface area contributed by atoms with E-state index in [1.165, 1.54) is 6.07 Å². The van der Waals surface area contributed by atoms with Crippen LogP contribution in [-0.4, -0.2) is 51.4 Å². The van der Waals surface area contributed by atoms with Gasteiger partial charge in [0.1, 0.15) is 6.04 Å². The number of aliphatic carboxylic acids is 1. The summed E-state index contributed by atoms with van der Waals surface area (Å²) in [6.07, 6.45) is 0.101. The highest BCUT2D eigenvalue weighted by Crippen LogP contribution is 2.17. The SMILES string of the molecule is Cc1ccccc1S(=O)(=O)OCCO[C@H]1CCN[C@@H]1C(=O)O. The summed E-state index contributed by atoms with van der Waals surface area (Å²) in [5, 5.41) is 11.8. The second-order valence-corrected chi connectivity index (χ2v) is 6.59. The Hall–Kier alpha value is -1.48. The highest BCUT2D eigenvalue weighted by molar-refractivity contribution is 7.86. The smallest absolute Gasteiger partial charge is 0.323 e. The zero-order valence-corrected chi connectivity index (χ0v) is 13.0. The Balaban J connectivity index is 1.84. The summed E-state index contributed by atoms with van der Waals surface area (Å²) < 4.78 is 34.4. The van der Waals surface area contributed by atoms with E-state index in [-0.39, 0.29) is 18.1 Å². The molecule has 1 aliphatic rings. The van der Waals surface area contributed by atoms with E-state index in [2.05, 4.69) is 5.32 Å². The molecule has 0 radical (unpaired) electrons. The zero-order valence-electron chi connectivity index (χ0n) is 12.2. The number of carboxylic acid groups (broad SMARTS) is 1. The Morgan fingerprint density at radius 1 is 1.36 bits per heavy atom. The maximum atomic E-state index is 12.0. The van der Waals surface area contributed by atoms with Gasteiger partial charge in [-0.1, -0.05) is 18.2 Å². The number of hydrogen-bond acceptors (Lipinski definition) is 6. The quantitative estimate of drug-likeness (QED) is 0.556. The molecule has 1 saturated heterocycles. The van der Waals surface area contributed by atoms with Gasteiger partial charge in [-0.05, 0) is 31.5 Å². The molecule has 2 atom stereocenters. The average Bonchev–Trinajstić information content (AvgIpc) is 2.92. The van der Waals surface area contributed by atoms with Crippen LogP contribution >= 0.6 is 0 Å². The predicted octanol–water partition coefficient (Wildman–Crippen LogP) is 0.532. The fourth-order valence-electron chi connectivity index (χ4n) is 2.35. The van der Waals surface area contributed by atoms with Crippen molar-refractivity contribution in [3.8, 4) is 0 Å². The fourth-order valence-corrected chi connectivity index (χ4v) is 3.47. The Bertz CT molecular complexity index is 630. The van der Waals surface area contributed by atoms with Crippen LogP contribution in [0.25, 0.3) is 0 Å². The van der Waals surface area contributed by atoms with Crippen LogP contribution in [0, 0.1) is 6.92 Å². The highest BCUT2D eigenvalue weighted by Gasteiger charge is 2.33. The molecule has 1 aromatic rings. The first-order valence-electron chi connectivity index (χ1n) is 6.94. The van der Waals surface area contributed by atoms with Crippen LogP contribution in [0.4, 0.5) is 0 Å². The predicted molar refractivity (Wildman–Crippen MR) is 78.1 cm³/mol. The van der Waals surface area contributed by atoms with Gasteiger partial charge in [-0.3, -0.25) is 8.98 Å². The Kier molecular flexibility index (Phi) is 5.52. The topological polar surface area (TPSA) is 102 Å². The highest BCUT2D eigenvalue weighted by atomic mass is 32.2. The van der Waals surface area contributed by atoms with Gasteiger partial charge < -0.3 is 15.2 Å². The van der Waals surface area contributed by atoms with E-state index in [9.17, 15) is 13.2 Å². The number of nitrogens with one attached hydrogen (secondary N) is 1. The number of carboxylic acids is 1. The molecule has 0 unspecified atom stereocenters. The third-order valence-electron chi connectivity index (χ3n) is 3.45. The third kappa shape index (κ3) is 4.04. The molecule has 2 N–H and O–H groups in total. The molecule has 1 fully saturated rings. The number of benzene rings is 1. The van der Waals surface area contributed by atoms with E-state index < -0.39 is 28.2 Å². The van der Waals surface area contributed by atoms with Gasteiger partial charge in [0.15, 0.2) is 0 Å². The van der Waals surface area contributed by atoms with Crippen LogP contribution in [0.2, 0.25) is 0 Å². The molecule has 8 heteroatoms. The van der Waals surface area contributed by atoms with Gasteiger partial charge in [0.25, 0.3) is 10.1 Å². The van der Waals surface area contributed by atoms with Gasteiger partial charge in [0.2, 0.25) is 0 Å². The van der Waals surface area contributed by atoms with E-state index >= 15 is 0 Å². The van der Waals surface area contributed by atoms with Gasteiger partial charge in [0, 0.05) is 0 Å². The van der Waals surface area contributed by atoms with E-state index in [1.54, 1.807) is 25.1 Å². The van der Waals surface area contributed by atoms with Gasteiger partial charge in [-0.15, -0.1) is 0 Å². The van der Waals surface area contributed by atoms with Crippen LogP contribution in [0.15, 0.2) is 29.2 Å². The average molecular weight is 329 g/mol. The van der Waals surface area contributed by atoms with Gasteiger partial charge in [-0.2, -0.15) is 8.42 Å². The van der Waals surface area contributed by atoms with Crippen LogP contribution in [0.5, 0.6) is 0 Å². The second kappa shape index (κ2) is 7.19. The van der Waals surface area contributed by atoms with Crippen molar-refractivity contribution in [2.45, 2.75) is 30.4 Å². The third-order valence-corrected chi connectivity index (χ3v) is 4.92. The lowest BCUT2D eigenvalue weighted by atomic mass is 10.2. The molecule has 0 bridgehead atoms. The molecule has 0 aromatic heterocycles. The van der Waals surface area contributed by atoms with E-state index in [0.717, 1.165) is 0 Å². The molecule has 1 aliphatic heterocycles. The summed E-state index contributed by atoms with van der Waals surface area (Å²) >= 11 is 0. The van der Waals surface area contributed by atoms with Crippen LogP contribution in [0.1, 0.15) is 12.0 Å². The molecule has 7 nitrogen and oxygen atoms in total. The molecule has 122 valence electrons. The van der Waals surface area contributed by atoms with Crippen molar-refractivity contribution in [2.24, 2.45) is 0 Å². The first-order chi connectivity index (χ1) is 10.4.